The number of hydrogen-bond acceptors (Lipinski definition) is 5. The summed E-state index contributed by atoms with van der Waals surface area (Å²) in [6, 6.07) is 14.7. The summed E-state index contributed by atoms with van der Waals surface area (Å²) >= 11 is 1.45. The van der Waals surface area contributed by atoms with Crippen molar-refractivity contribution in [1.29, 1.82) is 0 Å². The molecule has 1 saturated carbocycles. The maximum atomic E-state index is 13.1. The Hall–Kier alpha value is -3.03. The Morgan fingerprint density at radius 2 is 1.78 bits per heavy atom. The first-order valence-electron chi connectivity index (χ1n) is 13.1. The predicted octanol–water partition coefficient (Wildman–Crippen LogP) is 5.28. The average Bonchev–Trinajstić information content (AvgIpc) is 3.55. The summed E-state index contributed by atoms with van der Waals surface area (Å²) in [6.07, 6.45) is 7.52. The Morgan fingerprint density at radius 1 is 0.972 bits per heavy atom. The van der Waals surface area contributed by atoms with Crippen molar-refractivity contribution < 1.29 is 9.59 Å². The van der Waals surface area contributed by atoms with E-state index in [1.165, 1.54) is 47.3 Å². The second-order valence-electron chi connectivity index (χ2n) is 10.2. The Bertz CT molecular complexity index is 1280. The van der Waals surface area contributed by atoms with E-state index in [1.54, 1.807) is 0 Å². The fourth-order valence-corrected chi connectivity index (χ4v) is 6.61. The molecule has 2 aromatic carbocycles. The van der Waals surface area contributed by atoms with E-state index in [1.807, 2.05) is 10.3 Å². The summed E-state index contributed by atoms with van der Waals surface area (Å²) in [5, 5.41) is 5.61. The van der Waals surface area contributed by atoms with Gasteiger partial charge in [-0.05, 0) is 54.5 Å². The number of aromatic nitrogens is 1. The molecule has 1 fully saturated rings. The number of fused-ring (bicyclic) bond motifs is 2. The van der Waals surface area contributed by atoms with E-state index >= 15 is 0 Å². The minimum atomic E-state index is -0.0268. The van der Waals surface area contributed by atoms with E-state index in [-0.39, 0.29) is 11.8 Å². The van der Waals surface area contributed by atoms with Gasteiger partial charge >= 0.3 is 0 Å². The Morgan fingerprint density at radius 3 is 2.64 bits per heavy atom. The van der Waals surface area contributed by atoms with Gasteiger partial charge in [0.2, 0.25) is 11.8 Å². The van der Waals surface area contributed by atoms with Crippen LogP contribution >= 0.6 is 11.3 Å². The topological polar surface area (TPSA) is 65.5 Å². The van der Waals surface area contributed by atoms with Crippen LogP contribution in [0.1, 0.15) is 48.8 Å². The van der Waals surface area contributed by atoms with Gasteiger partial charge in [0, 0.05) is 42.2 Å². The lowest BCUT2D eigenvalue weighted by molar-refractivity contribution is -0.123. The number of benzene rings is 2. The van der Waals surface area contributed by atoms with Crippen molar-refractivity contribution in [3.05, 3.63) is 64.5 Å². The third kappa shape index (κ3) is 4.82. The molecule has 0 unspecified atom stereocenters. The zero-order valence-electron chi connectivity index (χ0n) is 20.5. The third-order valence-electron chi connectivity index (χ3n) is 7.82. The molecular formula is C29H32N4O2S. The number of carbonyl (C=O) groups excluding carboxylic acids is 2. The lowest BCUT2D eigenvalue weighted by Crippen LogP contribution is -2.37. The van der Waals surface area contributed by atoms with Crippen molar-refractivity contribution in [1.82, 2.24) is 9.88 Å². The van der Waals surface area contributed by atoms with Gasteiger partial charge in [-0.25, -0.2) is 4.98 Å². The first-order valence-corrected chi connectivity index (χ1v) is 14.0. The smallest absolute Gasteiger partial charge is 0.240 e. The van der Waals surface area contributed by atoms with Gasteiger partial charge in [0.15, 0.2) is 5.13 Å². The fourth-order valence-electron chi connectivity index (χ4n) is 5.87. The summed E-state index contributed by atoms with van der Waals surface area (Å²) in [5.74, 6) is 0.465. The molecule has 0 saturated heterocycles. The predicted molar refractivity (Wildman–Crippen MR) is 144 cm³/mol. The number of thiazole rings is 1. The van der Waals surface area contributed by atoms with Gasteiger partial charge in [0.05, 0.1) is 12.2 Å². The van der Waals surface area contributed by atoms with Crippen LogP contribution in [0.4, 0.5) is 10.8 Å². The Kier molecular flexibility index (Phi) is 6.59. The maximum Gasteiger partial charge on any atom is 0.240 e. The summed E-state index contributed by atoms with van der Waals surface area (Å²) in [4.78, 5) is 34.7. The van der Waals surface area contributed by atoms with Crippen LogP contribution in [-0.4, -0.2) is 41.3 Å². The Balaban J connectivity index is 1.08. The van der Waals surface area contributed by atoms with Gasteiger partial charge in [-0.15, -0.1) is 11.3 Å². The van der Waals surface area contributed by atoms with Crippen molar-refractivity contribution >= 4 is 34.0 Å². The SMILES string of the molecule is O=C(CN1CCc2ccccc2C1)Nc1nc(-c2ccc3c(c2)CCN3C(=O)C2CCCCC2)cs1. The highest BCUT2D eigenvalue weighted by atomic mass is 32.1. The molecule has 7 heteroatoms. The summed E-state index contributed by atoms with van der Waals surface area (Å²) in [5.41, 5.74) is 6.85. The van der Waals surface area contributed by atoms with E-state index in [4.69, 9.17) is 4.98 Å². The summed E-state index contributed by atoms with van der Waals surface area (Å²) < 4.78 is 0. The van der Waals surface area contributed by atoms with E-state index in [0.717, 1.165) is 62.3 Å². The molecule has 0 radical (unpaired) electrons. The van der Waals surface area contributed by atoms with Gasteiger partial charge in [-0.1, -0.05) is 49.6 Å². The minimum Gasteiger partial charge on any atom is -0.312 e. The largest absolute Gasteiger partial charge is 0.312 e. The molecule has 0 atom stereocenters. The van der Waals surface area contributed by atoms with E-state index in [0.29, 0.717) is 17.6 Å². The summed E-state index contributed by atoms with van der Waals surface area (Å²) in [7, 11) is 0. The number of rotatable bonds is 5. The van der Waals surface area contributed by atoms with Crippen LogP contribution in [0.2, 0.25) is 0 Å². The second-order valence-corrected chi connectivity index (χ2v) is 11.1. The molecule has 6 rings (SSSR count). The fraction of sp³-hybridized carbons (Fsp3) is 0.414. The maximum absolute atomic E-state index is 13.1. The van der Waals surface area contributed by atoms with Crippen LogP contribution in [0.15, 0.2) is 47.8 Å². The van der Waals surface area contributed by atoms with Crippen LogP contribution in [0.5, 0.6) is 0 Å². The van der Waals surface area contributed by atoms with Crippen molar-refractivity contribution in [2.24, 2.45) is 5.92 Å². The average molecular weight is 501 g/mol. The number of amides is 2. The van der Waals surface area contributed by atoms with Gasteiger partial charge in [-0.2, -0.15) is 0 Å². The first-order chi connectivity index (χ1) is 17.6. The van der Waals surface area contributed by atoms with Gasteiger partial charge in [0.25, 0.3) is 0 Å². The molecular weight excluding hydrogens is 468 g/mol. The highest BCUT2D eigenvalue weighted by Gasteiger charge is 2.31. The molecule has 3 heterocycles. The van der Waals surface area contributed by atoms with Crippen molar-refractivity contribution in [2.75, 3.05) is 29.9 Å². The quantitative estimate of drug-likeness (QED) is 0.518. The number of anilines is 2. The zero-order valence-corrected chi connectivity index (χ0v) is 21.4. The molecule has 2 amide bonds. The molecule has 6 nitrogen and oxygen atoms in total. The first kappa shape index (κ1) is 23.4. The van der Waals surface area contributed by atoms with Gasteiger partial charge < -0.3 is 10.2 Å². The van der Waals surface area contributed by atoms with Crippen LogP contribution in [0.3, 0.4) is 0 Å². The third-order valence-corrected chi connectivity index (χ3v) is 8.58. The molecule has 1 aliphatic carbocycles. The molecule has 1 N–H and O–H groups in total. The highest BCUT2D eigenvalue weighted by Crippen LogP contribution is 2.36. The van der Waals surface area contributed by atoms with Crippen molar-refractivity contribution in [3.63, 3.8) is 0 Å². The molecule has 1 aromatic heterocycles. The molecule has 36 heavy (non-hydrogen) atoms. The van der Waals surface area contributed by atoms with E-state index in [2.05, 4.69) is 52.7 Å². The standard InChI is InChI=1S/C29H32N4O2S/c34-27(18-32-14-12-20-6-4-5-9-24(20)17-32)31-29-30-25(19-36-29)22-10-11-26-23(16-22)13-15-33(26)28(35)21-7-2-1-3-8-21/h4-6,9-11,16,19,21H,1-3,7-8,12-15,17-18H2,(H,30,31,34). The van der Waals surface area contributed by atoms with Crippen LogP contribution in [-0.2, 0) is 29.0 Å². The Labute approximate surface area is 216 Å². The molecule has 3 aliphatic rings. The van der Waals surface area contributed by atoms with Gasteiger partial charge in [0.1, 0.15) is 0 Å². The lowest BCUT2D eigenvalue weighted by atomic mass is 9.88. The van der Waals surface area contributed by atoms with Crippen LogP contribution < -0.4 is 10.2 Å². The monoisotopic (exact) mass is 500 g/mol. The van der Waals surface area contributed by atoms with Crippen LogP contribution in [0.25, 0.3) is 11.3 Å². The number of nitrogens with zero attached hydrogens (tertiary/aromatic N) is 3. The van der Waals surface area contributed by atoms with E-state index in [9.17, 15) is 9.59 Å². The van der Waals surface area contributed by atoms with E-state index < -0.39 is 0 Å². The zero-order chi connectivity index (χ0) is 24.5. The second kappa shape index (κ2) is 10.1. The van der Waals surface area contributed by atoms with Crippen molar-refractivity contribution in [3.8, 4) is 11.3 Å². The molecule has 3 aromatic rings. The van der Waals surface area contributed by atoms with Gasteiger partial charge in [-0.3, -0.25) is 14.5 Å². The highest BCUT2D eigenvalue weighted by molar-refractivity contribution is 7.14. The minimum absolute atomic E-state index is 0.0268. The molecule has 0 spiro atoms. The molecule has 186 valence electrons. The molecule has 2 aliphatic heterocycles. The van der Waals surface area contributed by atoms with Crippen LogP contribution in [0, 0.1) is 5.92 Å². The number of nitrogens with one attached hydrogen (secondary N) is 1. The lowest BCUT2D eigenvalue weighted by Gasteiger charge is -2.27. The number of hydrogen-bond donors (Lipinski definition) is 1. The normalized spacial score (nSPS) is 18.1. The summed E-state index contributed by atoms with van der Waals surface area (Å²) in [6.45, 7) is 2.84. The van der Waals surface area contributed by atoms with Crippen molar-refractivity contribution in [2.45, 2.75) is 51.5 Å². The molecule has 0 bridgehead atoms. The number of carbonyl (C=O) groups is 2.